The van der Waals surface area contributed by atoms with Crippen molar-refractivity contribution in [3.8, 4) is 11.8 Å². The quantitative estimate of drug-likeness (QED) is 0.646. The fourth-order valence-electron chi connectivity index (χ4n) is 2.28. The first kappa shape index (κ1) is 16.1. The minimum Gasteiger partial charge on any atom is -0.494 e. The number of benzene rings is 1. The number of nitrogens with one attached hydrogen (secondary N) is 1. The molecule has 1 fully saturated rings. The molecule has 1 aliphatic rings. The molecule has 1 atom stereocenters. The fraction of sp³-hybridized carbons (Fsp3) is 0.412. The second kappa shape index (κ2) is 8.20. The molecule has 1 aromatic rings. The Bertz CT molecular complexity index is 584. The molecular weight excluding hydrogens is 280 g/mol. The third-order valence-electron chi connectivity index (χ3n) is 3.36. The van der Waals surface area contributed by atoms with Crippen LogP contribution in [0.5, 0.6) is 5.75 Å². The topological polar surface area (TPSA) is 71.3 Å². The maximum atomic E-state index is 12.1. The van der Waals surface area contributed by atoms with Gasteiger partial charge in [-0.2, -0.15) is 5.26 Å². The van der Waals surface area contributed by atoms with Gasteiger partial charge >= 0.3 is 0 Å². The summed E-state index contributed by atoms with van der Waals surface area (Å²) in [6, 6.07) is 9.24. The van der Waals surface area contributed by atoms with Crippen molar-refractivity contribution >= 4 is 12.0 Å². The highest BCUT2D eigenvalue weighted by atomic mass is 16.5. The molecule has 0 bridgehead atoms. The largest absolute Gasteiger partial charge is 0.494 e. The van der Waals surface area contributed by atoms with Crippen LogP contribution in [0.2, 0.25) is 0 Å². The minimum absolute atomic E-state index is 0.0603. The maximum absolute atomic E-state index is 12.1. The summed E-state index contributed by atoms with van der Waals surface area (Å²) in [7, 11) is 0. The third-order valence-corrected chi connectivity index (χ3v) is 3.36. The van der Waals surface area contributed by atoms with Gasteiger partial charge in [0.1, 0.15) is 17.4 Å². The van der Waals surface area contributed by atoms with Gasteiger partial charge in [-0.15, -0.1) is 0 Å². The van der Waals surface area contributed by atoms with Crippen LogP contribution in [0, 0.1) is 11.3 Å². The Kier molecular flexibility index (Phi) is 5.99. The highest BCUT2D eigenvalue weighted by molar-refractivity contribution is 6.01. The van der Waals surface area contributed by atoms with Gasteiger partial charge in [0.15, 0.2) is 0 Å². The van der Waals surface area contributed by atoms with Gasteiger partial charge in [-0.25, -0.2) is 0 Å². The molecule has 116 valence electrons. The van der Waals surface area contributed by atoms with Crippen molar-refractivity contribution < 1.29 is 14.3 Å². The summed E-state index contributed by atoms with van der Waals surface area (Å²) in [6.45, 7) is 3.66. The van der Waals surface area contributed by atoms with Crippen LogP contribution in [0.4, 0.5) is 0 Å². The highest BCUT2D eigenvalue weighted by Gasteiger charge is 2.17. The number of hydrogen-bond donors (Lipinski definition) is 1. The van der Waals surface area contributed by atoms with Crippen molar-refractivity contribution in [2.24, 2.45) is 0 Å². The van der Waals surface area contributed by atoms with E-state index in [4.69, 9.17) is 9.47 Å². The molecule has 1 aliphatic heterocycles. The summed E-state index contributed by atoms with van der Waals surface area (Å²) in [5.41, 5.74) is 0.835. The first-order chi connectivity index (χ1) is 10.7. The normalized spacial score (nSPS) is 17.8. The zero-order chi connectivity index (χ0) is 15.8. The van der Waals surface area contributed by atoms with Crippen molar-refractivity contribution in [3.63, 3.8) is 0 Å². The predicted octanol–water partition coefficient (Wildman–Crippen LogP) is 2.29. The molecule has 2 rings (SSSR count). The van der Waals surface area contributed by atoms with E-state index in [9.17, 15) is 10.1 Å². The average Bonchev–Trinajstić information content (AvgIpc) is 3.04. The van der Waals surface area contributed by atoms with E-state index in [0.29, 0.717) is 18.9 Å². The Morgan fingerprint density at radius 2 is 2.45 bits per heavy atom. The number of hydrogen-bond acceptors (Lipinski definition) is 4. The van der Waals surface area contributed by atoms with Crippen LogP contribution in [0.1, 0.15) is 25.3 Å². The number of rotatable bonds is 6. The van der Waals surface area contributed by atoms with Crippen molar-refractivity contribution in [2.45, 2.75) is 25.9 Å². The van der Waals surface area contributed by atoms with E-state index in [-0.39, 0.29) is 17.6 Å². The Morgan fingerprint density at radius 3 is 3.14 bits per heavy atom. The lowest BCUT2D eigenvalue weighted by atomic mass is 10.1. The molecule has 0 aliphatic carbocycles. The van der Waals surface area contributed by atoms with E-state index in [1.807, 2.05) is 31.2 Å². The number of amides is 1. The first-order valence-electron chi connectivity index (χ1n) is 7.47. The summed E-state index contributed by atoms with van der Waals surface area (Å²) in [5.74, 6) is 0.341. The number of ether oxygens (including phenoxy) is 2. The molecule has 5 heteroatoms. The lowest BCUT2D eigenvalue weighted by Gasteiger charge is -2.10. The van der Waals surface area contributed by atoms with Gasteiger partial charge in [0.05, 0.1) is 12.7 Å². The number of carbonyl (C=O) groups is 1. The van der Waals surface area contributed by atoms with Crippen molar-refractivity contribution in [1.29, 1.82) is 5.26 Å². The Balaban J connectivity index is 2.01. The molecule has 5 nitrogen and oxygen atoms in total. The van der Waals surface area contributed by atoms with Gasteiger partial charge in [0.2, 0.25) is 0 Å². The Hall–Kier alpha value is -2.32. The van der Waals surface area contributed by atoms with Crippen molar-refractivity contribution in [2.75, 3.05) is 19.8 Å². The van der Waals surface area contributed by atoms with Crippen LogP contribution in [0.3, 0.4) is 0 Å². The molecule has 22 heavy (non-hydrogen) atoms. The zero-order valence-corrected chi connectivity index (χ0v) is 12.7. The molecule has 1 saturated heterocycles. The molecule has 0 saturated carbocycles. The highest BCUT2D eigenvalue weighted by Crippen LogP contribution is 2.16. The number of nitriles is 1. The molecule has 1 N–H and O–H groups in total. The van der Waals surface area contributed by atoms with Gasteiger partial charge in [-0.05, 0) is 43.5 Å². The van der Waals surface area contributed by atoms with Gasteiger partial charge in [0.25, 0.3) is 5.91 Å². The molecule has 0 unspecified atom stereocenters. The molecule has 1 heterocycles. The average molecular weight is 300 g/mol. The Morgan fingerprint density at radius 1 is 1.59 bits per heavy atom. The summed E-state index contributed by atoms with van der Waals surface area (Å²) in [4.78, 5) is 12.1. The second-order valence-electron chi connectivity index (χ2n) is 5.02. The van der Waals surface area contributed by atoms with Crippen LogP contribution < -0.4 is 10.1 Å². The van der Waals surface area contributed by atoms with Crippen LogP contribution in [0.25, 0.3) is 6.08 Å². The van der Waals surface area contributed by atoms with E-state index >= 15 is 0 Å². The van der Waals surface area contributed by atoms with Crippen LogP contribution in [-0.4, -0.2) is 31.8 Å². The van der Waals surface area contributed by atoms with Gasteiger partial charge in [-0.1, -0.05) is 12.1 Å². The van der Waals surface area contributed by atoms with E-state index in [0.717, 1.165) is 25.0 Å². The zero-order valence-electron chi connectivity index (χ0n) is 12.7. The lowest BCUT2D eigenvalue weighted by Crippen LogP contribution is -2.32. The number of carbonyl (C=O) groups excluding carboxylic acids is 1. The maximum Gasteiger partial charge on any atom is 0.262 e. The van der Waals surface area contributed by atoms with E-state index in [2.05, 4.69) is 5.32 Å². The van der Waals surface area contributed by atoms with E-state index in [1.165, 1.54) is 0 Å². The molecule has 0 radical (unpaired) electrons. The monoisotopic (exact) mass is 300 g/mol. The fourth-order valence-corrected chi connectivity index (χ4v) is 2.28. The van der Waals surface area contributed by atoms with Crippen molar-refractivity contribution in [3.05, 3.63) is 35.4 Å². The summed E-state index contributed by atoms with van der Waals surface area (Å²) < 4.78 is 10.9. The first-order valence-corrected chi connectivity index (χ1v) is 7.47. The van der Waals surface area contributed by atoms with Crippen LogP contribution >= 0.6 is 0 Å². The molecular formula is C17H20N2O3. The van der Waals surface area contributed by atoms with Crippen LogP contribution in [-0.2, 0) is 9.53 Å². The van der Waals surface area contributed by atoms with Crippen molar-refractivity contribution in [1.82, 2.24) is 5.32 Å². The van der Waals surface area contributed by atoms with Gasteiger partial charge < -0.3 is 14.8 Å². The standard InChI is InChI=1S/C17H20N2O3/c1-2-21-15-6-3-5-13(10-15)9-14(11-18)17(20)19-12-16-7-4-8-22-16/h3,5-6,9-10,16H,2,4,7-8,12H2,1H3,(H,19,20)/b14-9+/t16-/m1/s1. The molecule has 1 aromatic carbocycles. The van der Waals surface area contributed by atoms with E-state index < -0.39 is 0 Å². The second-order valence-corrected chi connectivity index (χ2v) is 5.02. The Labute approximate surface area is 130 Å². The summed E-state index contributed by atoms with van der Waals surface area (Å²) in [6.07, 6.45) is 3.59. The SMILES string of the molecule is CCOc1cccc(/C=C(\C#N)C(=O)NC[C@H]2CCCO2)c1. The summed E-state index contributed by atoms with van der Waals surface area (Å²) in [5, 5.41) is 11.9. The lowest BCUT2D eigenvalue weighted by molar-refractivity contribution is -0.117. The number of nitrogens with zero attached hydrogens (tertiary/aromatic N) is 1. The molecule has 0 aromatic heterocycles. The molecule has 1 amide bonds. The summed E-state index contributed by atoms with van der Waals surface area (Å²) >= 11 is 0. The van der Waals surface area contributed by atoms with E-state index in [1.54, 1.807) is 12.1 Å². The van der Waals surface area contributed by atoms with Crippen LogP contribution in [0.15, 0.2) is 29.8 Å². The predicted molar refractivity (Wildman–Crippen MR) is 83.2 cm³/mol. The minimum atomic E-state index is -0.375. The smallest absolute Gasteiger partial charge is 0.262 e. The molecule has 0 spiro atoms. The van der Waals surface area contributed by atoms with Gasteiger partial charge in [0, 0.05) is 13.2 Å². The third kappa shape index (κ3) is 4.61. The van der Waals surface area contributed by atoms with Gasteiger partial charge in [-0.3, -0.25) is 4.79 Å².